The first kappa shape index (κ1) is 6.56. The fourth-order valence-electron chi connectivity index (χ4n) is 0.118. The first-order valence-electron chi connectivity index (χ1n) is 1.64. The zero-order chi connectivity index (χ0) is 5.86. The molecule has 0 bridgehead atoms. The van der Waals surface area contributed by atoms with Crippen molar-refractivity contribution < 1.29 is 9.53 Å². The summed E-state index contributed by atoms with van der Waals surface area (Å²) >= 11 is 3.60. The van der Waals surface area contributed by atoms with Gasteiger partial charge in [0, 0.05) is 0 Å². The topological polar surface area (TPSA) is 26.3 Å². The van der Waals surface area contributed by atoms with Gasteiger partial charge < -0.3 is 4.74 Å². The van der Waals surface area contributed by atoms with Crippen molar-refractivity contribution >= 4 is 18.6 Å². The van der Waals surface area contributed by atoms with E-state index >= 15 is 0 Å². The molecule has 2 nitrogen and oxygen atoms in total. The van der Waals surface area contributed by atoms with Crippen LogP contribution in [0.15, 0.2) is 11.5 Å². The smallest absolute Gasteiger partial charge is 0.343 e. The van der Waals surface area contributed by atoms with Gasteiger partial charge in [-0.05, 0) is 0 Å². The molecule has 0 atom stereocenters. The molecule has 0 spiro atoms. The molecule has 40 valence electrons. The van der Waals surface area contributed by atoms with Gasteiger partial charge in [0.1, 0.15) is 0 Å². The summed E-state index contributed by atoms with van der Waals surface area (Å²) in [5, 5.41) is 0. The van der Waals surface area contributed by atoms with E-state index in [2.05, 4.69) is 23.9 Å². The Hall–Kier alpha value is -0.440. The molecule has 0 aliphatic rings. The normalized spacial score (nSPS) is 7.71. The Kier molecular flexibility index (Phi) is 2.52. The fraction of sp³-hybridized carbons (Fsp3) is 0.250. The molecule has 0 rings (SSSR count). The van der Waals surface area contributed by atoms with E-state index in [4.69, 9.17) is 0 Å². The van der Waals surface area contributed by atoms with Crippen molar-refractivity contribution in [3.8, 4) is 0 Å². The van der Waals surface area contributed by atoms with Gasteiger partial charge in [0.25, 0.3) is 0 Å². The van der Waals surface area contributed by atoms with Crippen molar-refractivity contribution in [2.24, 2.45) is 0 Å². The molecule has 0 aliphatic carbocycles. The van der Waals surface area contributed by atoms with E-state index in [0.717, 1.165) is 0 Å². The lowest BCUT2D eigenvalue weighted by atomic mass is 10.6. The monoisotopic (exact) mass is 118 g/mol. The maximum Gasteiger partial charge on any atom is 0.343 e. The van der Waals surface area contributed by atoms with Crippen molar-refractivity contribution in [2.45, 2.75) is 0 Å². The van der Waals surface area contributed by atoms with Crippen molar-refractivity contribution in [3.05, 3.63) is 11.5 Å². The number of hydrogen-bond donors (Lipinski definition) is 1. The molecule has 0 saturated carbocycles. The van der Waals surface area contributed by atoms with Crippen LogP contribution in [-0.2, 0) is 9.53 Å². The first-order valence-corrected chi connectivity index (χ1v) is 2.09. The highest BCUT2D eigenvalue weighted by atomic mass is 32.1. The van der Waals surface area contributed by atoms with E-state index in [1.165, 1.54) is 7.11 Å². The Morgan fingerprint density at radius 1 is 1.86 bits per heavy atom. The Labute approximate surface area is 47.6 Å². The van der Waals surface area contributed by atoms with E-state index in [1.807, 2.05) is 0 Å². The number of thiol groups is 1. The third-order valence-corrected chi connectivity index (χ3v) is 0.604. The standard InChI is InChI=1S/C4H6O2S/c1-3(7)4(5)6-2/h7H,1H2,2H3. The molecular formula is C4H6O2S. The third-order valence-electron chi connectivity index (χ3n) is 0.421. The SMILES string of the molecule is C=C(S)C(=O)OC. The highest BCUT2D eigenvalue weighted by molar-refractivity contribution is 7.85. The van der Waals surface area contributed by atoms with Gasteiger partial charge in [-0.3, -0.25) is 0 Å². The summed E-state index contributed by atoms with van der Waals surface area (Å²) in [5.41, 5.74) is 0. The second-order valence-corrected chi connectivity index (χ2v) is 1.48. The average molecular weight is 118 g/mol. The zero-order valence-electron chi connectivity index (χ0n) is 3.97. The molecule has 0 aromatic heterocycles. The molecule has 0 aromatic carbocycles. The van der Waals surface area contributed by atoms with Gasteiger partial charge in [0.2, 0.25) is 0 Å². The number of ether oxygens (including phenoxy) is 1. The number of carbonyl (C=O) groups excluding carboxylic acids is 1. The van der Waals surface area contributed by atoms with Gasteiger partial charge in [0.15, 0.2) is 0 Å². The van der Waals surface area contributed by atoms with Gasteiger partial charge in [-0.1, -0.05) is 6.58 Å². The highest BCUT2D eigenvalue weighted by Crippen LogP contribution is 1.95. The predicted octanol–water partition coefficient (Wildman–Crippen LogP) is 0.603. The highest BCUT2D eigenvalue weighted by Gasteiger charge is 1.96. The lowest BCUT2D eigenvalue weighted by Gasteiger charge is -1.90. The summed E-state index contributed by atoms with van der Waals surface area (Å²) in [6, 6.07) is 0. The van der Waals surface area contributed by atoms with Gasteiger partial charge >= 0.3 is 5.97 Å². The summed E-state index contributed by atoms with van der Waals surface area (Å²) < 4.78 is 4.20. The Balaban J connectivity index is 3.58. The van der Waals surface area contributed by atoms with Crippen LogP contribution < -0.4 is 0 Å². The number of methoxy groups -OCH3 is 1. The van der Waals surface area contributed by atoms with Crippen LogP contribution in [0.3, 0.4) is 0 Å². The molecule has 0 radical (unpaired) electrons. The van der Waals surface area contributed by atoms with E-state index < -0.39 is 5.97 Å². The average Bonchev–Trinajstić information content (AvgIpc) is 1.65. The Bertz CT molecular complexity index is 97.9. The van der Waals surface area contributed by atoms with Gasteiger partial charge in [-0.15, -0.1) is 12.6 Å². The molecule has 0 fully saturated rings. The van der Waals surface area contributed by atoms with Crippen LogP contribution in [0, 0.1) is 0 Å². The van der Waals surface area contributed by atoms with Gasteiger partial charge in [0.05, 0.1) is 12.0 Å². The van der Waals surface area contributed by atoms with Gasteiger partial charge in [-0.2, -0.15) is 0 Å². The second-order valence-electron chi connectivity index (χ2n) is 0.938. The molecule has 0 saturated heterocycles. The van der Waals surface area contributed by atoms with E-state index in [0.29, 0.717) is 0 Å². The number of rotatable bonds is 1. The molecule has 3 heteroatoms. The summed E-state index contributed by atoms with van der Waals surface area (Å²) in [6.45, 7) is 3.22. The molecule has 0 unspecified atom stereocenters. The van der Waals surface area contributed by atoms with Crippen LogP contribution in [-0.4, -0.2) is 13.1 Å². The van der Waals surface area contributed by atoms with Crippen molar-refractivity contribution in [1.29, 1.82) is 0 Å². The minimum Gasteiger partial charge on any atom is -0.465 e. The largest absolute Gasteiger partial charge is 0.465 e. The maximum absolute atomic E-state index is 10.1. The third kappa shape index (κ3) is 2.28. The number of hydrogen-bond acceptors (Lipinski definition) is 3. The van der Waals surface area contributed by atoms with E-state index in [-0.39, 0.29) is 4.91 Å². The second kappa shape index (κ2) is 2.69. The van der Waals surface area contributed by atoms with Crippen molar-refractivity contribution in [2.75, 3.05) is 7.11 Å². The fourth-order valence-corrected chi connectivity index (χ4v) is 0.209. The number of esters is 1. The van der Waals surface area contributed by atoms with Crippen LogP contribution in [0.25, 0.3) is 0 Å². The lowest BCUT2D eigenvalue weighted by Crippen LogP contribution is -1.97. The minimum atomic E-state index is -0.483. The molecular weight excluding hydrogens is 112 g/mol. The lowest BCUT2D eigenvalue weighted by molar-refractivity contribution is -0.135. The van der Waals surface area contributed by atoms with Crippen LogP contribution in [0.5, 0.6) is 0 Å². The molecule has 0 amide bonds. The maximum atomic E-state index is 10.1. The summed E-state index contributed by atoms with van der Waals surface area (Å²) in [5.74, 6) is -0.483. The molecule has 0 aliphatic heterocycles. The molecule has 0 aromatic rings. The van der Waals surface area contributed by atoms with Gasteiger partial charge in [-0.25, -0.2) is 4.79 Å². The van der Waals surface area contributed by atoms with Crippen LogP contribution in [0.1, 0.15) is 0 Å². The molecule has 7 heavy (non-hydrogen) atoms. The van der Waals surface area contributed by atoms with Crippen LogP contribution >= 0.6 is 12.6 Å². The van der Waals surface area contributed by atoms with E-state index in [9.17, 15) is 4.79 Å². The minimum absolute atomic E-state index is 0.127. The predicted molar refractivity (Wildman–Crippen MR) is 30.1 cm³/mol. The Morgan fingerprint density at radius 3 is 2.29 bits per heavy atom. The Morgan fingerprint density at radius 2 is 2.29 bits per heavy atom. The summed E-state index contributed by atoms with van der Waals surface area (Å²) in [4.78, 5) is 10.2. The molecule has 0 N–H and O–H groups in total. The van der Waals surface area contributed by atoms with Crippen LogP contribution in [0.4, 0.5) is 0 Å². The first-order chi connectivity index (χ1) is 3.18. The van der Waals surface area contributed by atoms with E-state index in [1.54, 1.807) is 0 Å². The van der Waals surface area contributed by atoms with Crippen molar-refractivity contribution in [3.63, 3.8) is 0 Å². The van der Waals surface area contributed by atoms with Crippen molar-refractivity contribution in [1.82, 2.24) is 0 Å². The summed E-state index contributed by atoms with van der Waals surface area (Å²) in [6.07, 6.45) is 0. The zero-order valence-corrected chi connectivity index (χ0v) is 4.87. The van der Waals surface area contributed by atoms with Crippen LogP contribution in [0.2, 0.25) is 0 Å². The number of carbonyl (C=O) groups is 1. The quantitative estimate of drug-likeness (QED) is 0.310. The molecule has 0 heterocycles. The summed E-state index contributed by atoms with van der Waals surface area (Å²) in [7, 11) is 1.28.